The number of nitrogens with zero attached hydrogens (tertiary/aromatic N) is 3. The molecule has 1 aromatic heterocycles. The zero-order chi connectivity index (χ0) is 13.5. The summed E-state index contributed by atoms with van der Waals surface area (Å²) in [6.45, 7) is 5.48. The second kappa shape index (κ2) is 7.04. The Balaban J connectivity index is 1.92. The first-order chi connectivity index (χ1) is 9.29. The average molecular weight is 264 g/mol. The van der Waals surface area contributed by atoms with E-state index in [1.165, 1.54) is 0 Å². The smallest absolute Gasteiger partial charge is 0.225 e. The van der Waals surface area contributed by atoms with Crippen LogP contribution in [0.3, 0.4) is 0 Å². The van der Waals surface area contributed by atoms with Gasteiger partial charge in [0, 0.05) is 25.7 Å². The first-order valence-electron chi connectivity index (χ1n) is 6.71. The standard InChI is InChI=1S/C13H20N4O2/c1-2-3-12(18)15-10-11-4-5-14-13(16-11)17-6-8-19-9-7-17/h4-5H,2-3,6-10H2,1H3,(H,15,18). The minimum absolute atomic E-state index is 0.0639. The van der Waals surface area contributed by atoms with Crippen LogP contribution in [-0.2, 0) is 16.1 Å². The van der Waals surface area contributed by atoms with Gasteiger partial charge >= 0.3 is 0 Å². The normalized spacial score (nSPS) is 15.3. The summed E-state index contributed by atoms with van der Waals surface area (Å²) in [5.41, 5.74) is 0.834. The van der Waals surface area contributed by atoms with Crippen molar-refractivity contribution < 1.29 is 9.53 Å². The van der Waals surface area contributed by atoms with E-state index < -0.39 is 0 Å². The summed E-state index contributed by atoms with van der Waals surface area (Å²) >= 11 is 0. The third-order valence-corrected chi connectivity index (χ3v) is 2.94. The van der Waals surface area contributed by atoms with E-state index in [0.29, 0.717) is 32.1 Å². The van der Waals surface area contributed by atoms with Crippen molar-refractivity contribution in [2.75, 3.05) is 31.2 Å². The molecule has 19 heavy (non-hydrogen) atoms. The van der Waals surface area contributed by atoms with Gasteiger partial charge in [-0.05, 0) is 12.5 Å². The molecule has 6 nitrogen and oxygen atoms in total. The lowest BCUT2D eigenvalue weighted by molar-refractivity contribution is -0.121. The molecule has 0 bridgehead atoms. The molecule has 0 radical (unpaired) electrons. The van der Waals surface area contributed by atoms with Gasteiger partial charge < -0.3 is 15.0 Å². The Morgan fingerprint density at radius 3 is 3.00 bits per heavy atom. The molecule has 1 amide bonds. The van der Waals surface area contributed by atoms with Crippen LogP contribution in [0, 0.1) is 0 Å². The first-order valence-corrected chi connectivity index (χ1v) is 6.71. The summed E-state index contributed by atoms with van der Waals surface area (Å²) in [6.07, 6.45) is 3.15. The molecule has 1 aliphatic heterocycles. The van der Waals surface area contributed by atoms with E-state index in [4.69, 9.17) is 4.74 Å². The second-order valence-corrected chi connectivity index (χ2v) is 4.47. The lowest BCUT2D eigenvalue weighted by Gasteiger charge is -2.26. The number of hydrogen-bond acceptors (Lipinski definition) is 5. The van der Waals surface area contributed by atoms with Crippen molar-refractivity contribution in [2.45, 2.75) is 26.3 Å². The van der Waals surface area contributed by atoms with Gasteiger partial charge in [-0.15, -0.1) is 0 Å². The molecule has 0 atom stereocenters. The zero-order valence-corrected chi connectivity index (χ0v) is 11.3. The molecular weight excluding hydrogens is 244 g/mol. The first kappa shape index (κ1) is 13.7. The molecule has 0 spiro atoms. The third kappa shape index (κ3) is 4.17. The average Bonchev–Trinajstić information content (AvgIpc) is 2.47. The highest BCUT2D eigenvalue weighted by atomic mass is 16.5. The van der Waals surface area contributed by atoms with Crippen LogP contribution in [-0.4, -0.2) is 42.2 Å². The maximum Gasteiger partial charge on any atom is 0.225 e. The number of rotatable bonds is 5. The summed E-state index contributed by atoms with van der Waals surface area (Å²) in [5.74, 6) is 0.777. The molecule has 0 aliphatic carbocycles. The maximum absolute atomic E-state index is 11.4. The third-order valence-electron chi connectivity index (χ3n) is 2.94. The molecule has 1 saturated heterocycles. The van der Waals surface area contributed by atoms with Crippen LogP contribution in [0.25, 0.3) is 0 Å². The number of amides is 1. The number of ether oxygens (including phenoxy) is 1. The van der Waals surface area contributed by atoms with E-state index in [1.54, 1.807) is 6.20 Å². The Hall–Kier alpha value is -1.69. The highest BCUT2D eigenvalue weighted by molar-refractivity contribution is 5.75. The van der Waals surface area contributed by atoms with E-state index in [2.05, 4.69) is 20.2 Å². The largest absolute Gasteiger partial charge is 0.378 e. The van der Waals surface area contributed by atoms with Gasteiger partial charge in [0.25, 0.3) is 0 Å². The quantitative estimate of drug-likeness (QED) is 0.849. The lowest BCUT2D eigenvalue weighted by Crippen LogP contribution is -2.37. The van der Waals surface area contributed by atoms with E-state index in [9.17, 15) is 4.79 Å². The van der Waals surface area contributed by atoms with Crippen LogP contribution in [0.4, 0.5) is 5.95 Å². The number of carbonyl (C=O) groups excluding carboxylic acids is 1. The molecule has 104 valence electrons. The highest BCUT2D eigenvalue weighted by Crippen LogP contribution is 2.09. The predicted octanol–water partition coefficient (Wildman–Crippen LogP) is 0.729. The Kier molecular flexibility index (Phi) is 5.09. The van der Waals surface area contributed by atoms with E-state index in [-0.39, 0.29) is 5.91 Å². The van der Waals surface area contributed by atoms with Crippen molar-refractivity contribution in [3.63, 3.8) is 0 Å². The molecule has 0 aromatic carbocycles. The number of carbonyl (C=O) groups is 1. The molecule has 0 unspecified atom stereocenters. The minimum atomic E-state index is 0.0639. The van der Waals surface area contributed by atoms with Gasteiger partial charge in [0.2, 0.25) is 11.9 Å². The summed E-state index contributed by atoms with van der Waals surface area (Å²) in [5, 5.41) is 2.86. The van der Waals surface area contributed by atoms with Crippen LogP contribution in [0.15, 0.2) is 12.3 Å². The fourth-order valence-electron chi connectivity index (χ4n) is 1.90. The van der Waals surface area contributed by atoms with Gasteiger partial charge in [0.15, 0.2) is 0 Å². The molecule has 6 heteroatoms. The van der Waals surface area contributed by atoms with Gasteiger partial charge in [0.05, 0.1) is 25.5 Å². The van der Waals surface area contributed by atoms with Gasteiger partial charge in [0.1, 0.15) is 0 Å². The molecule has 1 aromatic rings. The summed E-state index contributed by atoms with van der Waals surface area (Å²) < 4.78 is 5.30. The molecule has 2 rings (SSSR count). The highest BCUT2D eigenvalue weighted by Gasteiger charge is 2.13. The van der Waals surface area contributed by atoms with E-state index in [0.717, 1.165) is 25.2 Å². The molecular formula is C13H20N4O2. The molecule has 0 saturated carbocycles. The fourth-order valence-corrected chi connectivity index (χ4v) is 1.90. The van der Waals surface area contributed by atoms with Crippen LogP contribution in [0.5, 0.6) is 0 Å². The van der Waals surface area contributed by atoms with Crippen LogP contribution >= 0.6 is 0 Å². The van der Waals surface area contributed by atoms with Crippen LogP contribution < -0.4 is 10.2 Å². The Morgan fingerprint density at radius 2 is 2.26 bits per heavy atom. The zero-order valence-electron chi connectivity index (χ0n) is 11.3. The Labute approximate surface area is 113 Å². The summed E-state index contributed by atoms with van der Waals surface area (Å²) in [7, 11) is 0. The molecule has 1 fully saturated rings. The minimum Gasteiger partial charge on any atom is -0.378 e. The van der Waals surface area contributed by atoms with Crippen molar-refractivity contribution >= 4 is 11.9 Å². The monoisotopic (exact) mass is 264 g/mol. The van der Waals surface area contributed by atoms with Gasteiger partial charge in [-0.3, -0.25) is 4.79 Å². The van der Waals surface area contributed by atoms with Crippen LogP contribution in [0.1, 0.15) is 25.5 Å². The van der Waals surface area contributed by atoms with Crippen molar-refractivity contribution in [3.05, 3.63) is 18.0 Å². The summed E-state index contributed by atoms with van der Waals surface area (Å²) in [4.78, 5) is 22.3. The van der Waals surface area contributed by atoms with E-state index >= 15 is 0 Å². The summed E-state index contributed by atoms with van der Waals surface area (Å²) in [6, 6.07) is 1.83. The van der Waals surface area contributed by atoms with Crippen molar-refractivity contribution in [3.8, 4) is 0 Å². The van der Waals surface area contributed by atoms with Gasteiger partial charge in [-0.2, -0.15) is 0 Å². The van der Waals surface area contributed by atoms with Crippen molar-refractivity contribution in [1.29, 1.82) is 0 Å². The van der Waals surface area contributed by atoms with Crippen molar-refractivity contribution in [1.82, 2.24) is 15.3 Å². The van der Waals surface area contributed by atoms with Crippen molar-refractivity contribution in [2.24, 2.45) is 0 Å². The molecule has 1 N–H and O–H groups in total. The number of aromatic nitrogens is 2. The van der Waals surface area contributed by atoms with E-state index in [1.807, 2.05) is 13.0 Å². The van der Waals surface area contributed by atoms with Gasteiger partial charge in [-0.1, -0.05) is 6.92 Å². The number of hydrogen-bond donors (Lipinski definition) is 1. The van der Waals surface area contributed by atoms with Gasteiger partial charge in [-0.25, -0.2) is 9.97 Å². The lowest BCUT2D eigenvalue weighted by atomic mass is 10.3. The SMILES string of the molecule is CCCC(=O)NCc1ccnc(N2CCOCC2)n1. The van der Waals surface area contributed by atoms with Crippen LogP contribution in [0.2, 0.25) is 0 Å². The Bertz CT molecular complexity index is 419. The number of nitrogens with one attached hydrogen (secondary N) is 1. The molecule has 1 aliphatic rings. The Morgan fingerprint density at radius 1 is 1.47 bits per heavy atom. The number of anilines is 1. The topological polar surface area (TPSA) is 67.4 Å². The predicted molar refractivity (Wildman–Crippen MR) is 71.8 cm³/mol. The number of morpholine rings is 1. The molecule has 2 heterocycles. The fraction of sp³-hybridized carbons (Fsp3) is 0.615. The second-order valence-electron chi connectivity index (χ2n) is 4.47. The maximum atomic E-state index is 11.4.